The molecule has 0 aliphatic rings. The minimum Gasteiger partial charge on any atom is -0.497 e. The summed E-state index contributed by atoms with van der Waals surface area (Å²) in [5, 5.41) is 7.63. The van der Waals surface area contributed by atoms with Crippen molar-refractivity contribution >= 4 is 17.9 Å². The molecule has 2 aromatic heterocycles. The third kappa shape index (κ3) is 5.02. The van der Waals surface area contributed by atoms with Gasteiger partial charge in [-0.05, 0) is 41.5 Å². The standard InChI is InChI=1S/C24H21N5O2/c1-31-21-12-9-18(10-13-21)11-14-22(30)29-24(26-16-19-6-3-2-4-7-19)27-23(28-29)20-8-5-15-25-17-20/h2-15,17H,16H2,1H3,(H,26,27,28). The second-order valence-corrected chi connectivity index (χ2v) is 6.70. The predicted molar refractivity (Wildman–Crippen MR) is 120 cm³/mol. The van der Waals surface area contributed by atoms with E-state index in [2.05, 4.69) is 20.4 Å². The van der Waals surface area contributed by atoms with Crippen LogP contribution in [-0.4, -0.2) is 32.8 Å². The number of allylic oxidation sites excluding steroid dienone is 1. The Hall–Kier alpha value is -4.26. The zero-order chi connectivity index (χ0) is 21.5. The molecular formula is C24H21N5O2. The van der Waals surface area contributed by atoms with Crippen LogP contribution in [0.5, 0.6) is 5.75 Å². The molecule has 0 unspecified atom stereocenters. The maximum absolute atomic E-state index is 12.9. The average Bonchev–Trinajstić information content (AvgIpc) is 3.27. The van der Waals surface area contributed by atoms with Gasteiger partial charge in [0, 0.05) is 30.6 Å². The molecule has 0 saturated heterocycles. The van der Waals surface area contributed by atoms with Gasteiger partial charge in [0.25, 0.3) is 5.91 Å². The molecule has 4 aromatic rings. The van der Waals surface area contributed by atoms with Crippen molar-refractivity contribution in [2.45, 2.75) is 6.54 Å². The van der Waals surface area contributed by atoms with Gasteiger partial charge in [-0.2, -0.15) is 9.67 Å². The van der Waals surface area contributed by atoms with Gasteiger partial charge in [0.15, 0.2) is 5.82 Å². The van der Waals surface area contributed by atoms with Crippen LogP contribution in [0.15, 0.2) is 85.2 Å². The molecule has 0 saturated carbocycles. The van der Waals surface area contributed by atoms with Crippen LogP contribution < -0.4 is 10.1 Å². The maximum Gasteiger partial charge on any atom is 0.274 e. The van der Waals surface area contributed by atoms with Gasteiger partial charge < -0.3 is 10.1 Å². The van der Waals surface area contributed by atoms with Crippen molar-refractivity contribution < 1.29 is 9.53 Å². The fraction of sp³-hybridized carbons (Fsp3) is 0.0833. The van der Waals surface area contributed by atoms with Gasteiger partial charge >= 0.3 is 0 Å². The van der Waals surface area contributed by atoms with E-state index in [1.165, 1.54) is 10.8 Å². The third-order valence-electron chi connectivity index (χ3n) is 4.56. The Balaban J connectivity index is 1.59. The van der Waals surface area contributed by atoms with Crippen LogP contribution in [0.4, 0.5) is 5.95 Å². The third-order valence-corrected chi connectivity index (χ3v) is 4.56. The lowest BCUT2D eigenvalue weighted by Gasteiger charge is -2.05. The summed E-state index contributed by atoms with van der Waals surface area (Å²) in [7, 11) is 1.61. The number of ether oxygens (including phenoxy) is 1. The summed E-state index contributed by atoms with van der Waals surface area (Å²) in [6.45, 7) is 0.515. The average molecular weight is 411 g/mol. The molecule has 7 heteroatoms. The van der Waals surface area contributed by atoms with Gasteiger partial charge in [0.2, 0.25) is 5.95 Å². The SMILES string of the molecule is COc1ccc(C=CC(=O)n2nc(-c3cccnc3)nc2NCc2ccccc2)cc1. The Morgan fingerprint density at radius 3 is 2.58 bits per heavy atom. The molecule has 0 fully saturated rings. The maximum atomic E-state index is 12.9. The molecule has 31 heavy (non-hydrogen) atoms. The monoisotopic (exact) mass is 411 g/mol. The van der Waals surface area contributed by atoms with E-state index in [4.69, 9.17) is 4.74 Å². The van der Waals surface area contributed by atoms with Crippen molar-refractivity contribution in [3.63, 3.8) is 0 Å². The highest BCUT2D eigenvalue weighted by Gasteiger charge is 2.15. The molecule has 0 aliphatic heterocycles. The first-order chi connectivity index (χ1) is 15.2. The van der Waals surface area contributed by atoms with E-state index in [0.717, 1.165) is 22.4 Å². The normalized spacial score (nSPS) is 10.9. The van der Waals surface area contributed by atoms with E-state index in [9.17, 15) is 4.79 Å². The molecule has 0 aliphatic carbocycles. The van der Waals surface area contributed by atoms with E-state index in [0.29, 0.717) is 18.3 Å². The number of rotatable bonds is 7. The Morgan fingerprint density at radius 2 is 1.87 bits per heavy atom. The van der Waals surface area contributed by atoms with E-state index >= 15 is 0 Å². The van der Waals surface area contributed by atoms with Crippen molar-refractivity contribution in [1.29, 1.82) is 0 Å². The van der Waals surface area contributed by atoms with Gasteiger partial charge in [0.1, 0.15) is 5.75 Å². The largest absolute Gasteiger partial charge is 0.497 e. The molecule has 0 radical (unpaired) electrons. The minimum absolute atomic E-state index is 0.311. The fourth-order valence-electron chi connectivity index (χ4n) is 2.93. The van der Waals surface area contributed by atoms with Gasteiger partial charge in [-0.15, -0.1) is 5.10 Å². The summed E-state index contributed by atoms with van der Waals surface area (Å²) in [4.78, 5) is 21.5. The Bertz CT molecular complexity index is 1170. The highest BCUT2D eigenvalue weighted by Crippen LogP contribution is 2.18. The van der Waals surface area contributed by atoms with Crippen molar-refractivity contribution in [3.05, 3.63) is 96.3 Å². The molecule has 2 aromatic carbocycles. The van der Waals surface area contributed by atoms with Crippen molar-refractivity contribution in [1.82, 2.24) is 19.7 Å². The topological polar surface area (TPSA) is 81.9 Å². The quantitative estimate of drug-likeness (QED) is 0.456. The number of benzene rings is 2. The number of pyridine rings is 1. The van der Waals surface area contributed by atoms with E-state index in [-0.39, 0.29) is 5.91 Å². The van der Waals surface area contributed by atoms with Crippen LogP contribution in [-0.2, 0) is 6.54 Å². The Kier molecular flexibility index (Phi) is 6.13. The summed E-state index contributed by atoms with van der Waals surface area (Å²) in [5.41, 5.74) is 2.68. The molecule has 0 spiro atoms. The molecule has 0 atom stereocenters. The van der Waals surface area contributed by atoms with Crippen molar-refractivity contribution in [2.24, 2.45) is 0 Å². The number of nitrogens with one attached hydrogen (secondary N) is 1. The van der Waals surface area contributed by atoms with Crippen molar-refractivity contribution in [3.8, 4) is 17.1 Å². The molecule has 0 bridgehead atoms. The Morgan fingerprint density at radius 1 is 1.06 bits per heavy atom. The minimum atomic E-state index is -0.311. The highest BCUT2D eigenvalue weighted by atomic mass is 16.5. The van der Waals surface area contributed by atoms with Crippen LogP contribution in [0.25, 0.3) is 17.5 Å². The number of hydrogen-bond acceptors (Lipinski definition) is 6. The Labute approximate surface area is 180 Å². The summed E-state index contributed by atoms with van der Waals surface area (Å²) in [6.07, 6.45) is 6.54. The zero-order valence-corrected chi connectivity index (χ0v) is 17.0. The first-order valence-electron chi connectivity index (χ1n) is 9.74. The van der Waals surface area contributed by atoms with Crippen LogP contribution in [0.3, 0.4) is 0 Å². The van der Waals surface area contributed by atoms with Crippen LogP contribution in [0.1, 0.15) is 15.9 Å². The van der Waals surface area contributed by atoms with Crippen LogP contribution in [0, 0.1) is 0 Å². The van der Waals surface area contributed by atoms with Crippen LogP contribution >= 0.6 is 0 Å². The van der Waals surface area contributed by atoms with E-state index < -0.39 is 0 Å². The number of methoxy groups -OCH3 is 1. The van der Waals surface area contributed by atoms with Gasteiger partial charge in [-0.1, -0.05) is 42.5 Å². The summed E-state index contributed by atoms with van der Waals surface area (Å²) < 4.78 is 6.43. The fourth-order valence-corrected chi connectivity index (χ4v) is 2.93. The number of aromatic nitrogens is 4. The molecule has 4 rings (SSSR count). The lowest BCUT2D eigenvalue weighted by molar-refractivity contribution is 0.0957. The zero-order valence-electron chi connectivity index (χ0n) is 17.0. The lowest BCUT2D eigenvalue weighted by atomic mass is 10.2. The van der Waals surface area contributed by atoms with Gasteiger partial charge in [-0.25, -0.2) is 0 Å². The lowest BCUT2D eigenvalue weighted by Crippen LogP contribution is -2.14. The number of hydrogen-bond donors (Lipinski definition) is 1. The molecule has 7 nitrogen and oxygen atoms in total. The second-order valence-electron chi connectivity index (χ2n) is 6.70. The molecular weight excluding hydrogens is 390 g/mol. The van der Waals surface area contributed by atoms with E-state index in [1.54, 1.807) is 31.6 Å². The molecule has 2 heterocycles. The summed E-state index contributed by atoms with van der Waals surface area (Å²) in [6, 6.07) is 21.0. The van der Waals surface area contributed by atoms with Crippen LogP contribution in [0.2, 0.25) is 0 Å². The second kappa shape index (κ2) is 9.49. The smallest absolute Gasteiger partial charge is 0.274 e. The van der Waals surface area contributed by atoms with Gasteiger partial charge in [0.05, 0.1) is 7.11 Å². The van der Waals surface area contributed by atoms with Crippen molar-refractivity contribution in [2.75, 3.05) is 12.4 Å². The summed E-state index contributed by atoms with van der Waals surface area (Å²) >= 11 is 0. The van der Waals surface area contributed by atoms with Gasteiger partial charge in [-0.3, -0.25) is 9.78 Å². The number of nitrogens with zero attached hydrogens (tertiary/aromatic N) is 4. The first kappa shape index (κ1) is 20.0. The predicted octanol–water partition coefficient (Wildman–Crippen LogP) is 4.31. The highest BCUT2D eigenvalue weighted by molar-refractivity contribution is 5.94. The number of carbonyl (C=O) groups excluding carboxylic acids is 1. The first-order valence-corrected chi connectivity index (χ1v) is 9.74. The molecule has 1 N–H and O–H groups in total. The van der Waals surface area contributed by atoms with E-state index in [1.807, 2.05) is 60.7 Å². The molecule has 0 amide bonds. The summed E-state index contributed by atoms with van der Waals surface area (Å²) in [5.74, 6) is 1.24. The number of anilines is 1. The number of carbonyl (C=O) groups is 1. The molecule has 154 valence electrons.